The minimum absolute atomic E-state index is 0.0569. The first-order valence-electron chi connectivity index (χ1n) is 15.8. The first kappa shape index (κ1) is 40.5. The van der Waals surface area contributed by atoms with Crippen molar-refractivity contribution < 1.29 is 31.1 Å². The maximum absolute atomic E-state index is 13.6. The van der Waals surface area contributed by atoms with Crippen molar-refractivity contribution in [3.05, 3.63) is 59.6 Å². The van der Waals surface area contributed by atoms with Gasteiger partial charge < -0.3 is 14.4 Å². The molecule has 0 aliphatic carbocycles. The summed E-state index contributed by atoms with van der Waals surface area (Å²) < 4.78 is 67.6. The molecule has 1 aliphatic heterocycles. The maximum Gasteiger partial charge on any atom is 0.223 e. The van der Waals surface area contributed by atoms with Gasteiger partial charge in [-0.25, -0.2) is 27.2 Å². The molecule has 2 aromatic heterocycles. The minimum atomic E-state index is -3.10. The van der Waals surface area contributed by atoms with E-state index in [2.05, 4.69) is 35.7 Å². The molecule has 47 heavy (non-hydrogen) atoms. The number of fused-ring (bicyclic) bond motifs is 1. The topological polar surface area (TPSA) is 122 Å². The van der Waals surface area contributed by atoms with Gasteiger partial charge >= 0.3 is 0 Å². The molecule has 3 aromatic rings. The van der Waals surface area contributed by atoms with Gasteiger partial charge in [0.1, 0.15) is 23.3 Å². The first-order valence-corrected chi connectivity index (χ1v) is 19.7. The molecular formula is C34H53F2N4O5PS. The van der Waals surface area contributed by atoms with Crippen LogP contribution in [0.5, 0.6) is 0 Å². The Balaban J connectivity index is 0.000000249. The third-order valence-corrected chi connectivity index (χ3v) is 11.1. The summed E-state index contributed by atoms with van der Waals surface area (Å²) in [6.07, 6.45) is 3.22. The summed E-state index contributed by atoms with van der Waals surface area (Å²) in [6.45, 7) is 20.6. The van der Waals surface area contributed by atoms with Crippen LogP contribution < -0.4 is 0 Å². The van der Waals surface area contributed by atoms with Crippen LogP contribution in [0, 0.1) is 27.9 Å². The van der Waals surface area contributed by atoms with E-state index >= 15 is 0 Å². The van der Waals surface area contributed by atoms with Crippen LogP contribution >= 0.6 is 7.37 Å². The van der Waals surface area contributed by atoms with E-state index in [1.165, 1.54) is 23.1 Å². The summed E-state index contributed by atoms with van der Waals surface area (Å²) in [6, 6.07) is 7.56. The quantitative estimate of drug-likeness (QED) is 0.248. The number of carbonyl (C=O) groups is 1. The fraction of sp³-hybridized carbons (Fsp3) is 0.618. The zero-order valence-corrected chi connectivity index (χ0v) is 31.3. The van der Waals surface area contributed by atoms with E-state index in [1.54, 1.807) is 13.1 Å². The van der Waals surface area contributed by atoms with Gasteiger partial charge in [-0.05, 0) is 47.4 Å². The number of hydrogen-bond acceptors (Lipinski definition) is 7. The highest BCUT2D eigenvalue weighted by atomic mass is 32.2. The summed E-state index contributed by atoms with van der Waals surface area (Å²) in [4.78, 5) is 24.9. The SMILES string of the molecule is CC(C)(C)CC(=O)N1CCS(=O)(=O)C1.CC(C)(C)Cc1nc2ncccc2[nH]1.CCOP(=O)(Cc1c(F)cccc1F)CC(C)(C)C. The molecule has 1 unspecified atom stereocenters. The Morgan fingerprint density at radius 1 is 0.979 bits per heavy atom. The summed E-state index contributed by atoms with van der Waals surface area (Å²) >= 11 is 0. The van der Waals surface area contributed by atoms with Crippen LogP contribution in [0.4, 0.5) is 8.78 Å². The van der Waals surface area contributed by atoms with Gasteiger partial charge in [0.05, 0.1) is 24.0 Å². The molecule has 0 spiro atoms. The number of nitrogens with zero attached hydrogens (tertiary/aromatic N) is 3. The highest BCUT2D eigenvalue weighted by Gasteiger charge is 2.32. The van der Waals surface area contributed by atoms with Gasteiger partial charge in [0.2, 0.25) is 13.3 Å². The molecule has 9 nitrogen and oxygen atoms in total. The monoisotopic (exact) mass is 698 g/mol. The Kier molecular flexibility index (Phi) is 13.9. The van der Waals surface area contributed by atoms with E-state index in [0.717, 1.165) is 23.4 Å². The smallest absolute Gasteiger partial charge is 0.223 e. The number of rotatable bonds is 7. The molecule has 0 saturated carbocycles. The van der Waals surface area contributed by atoms with E-state index in [-0.39, 0.29) is 52.1 Å². The molecule has 13 heteroatoms. The molecule has 1 aromatic carbocycles. The second-order valence-electron chi connectivity index (χ2n) is 15.6. The number of amides is 1. The van der Waals surface area contributed by atoms with Crippen LogP contribution in [-0.2, 0) is 36.3 Å². The molecule has 3 heterocycles. The van der Waals surface area contributed by atoms with Crippen LogP contribution in [0.25, 0.3) is 11.2 Å². The van der Waals surface area contributed by atoms with Crippen molar-refractivity contribution in [2.24, 2.45) is 16.2 Å². The standard InChI is InChI=1S/C14H21F2O2P.C11H15N3.C9H17NO3S/c1-5-18-19(17,10-14(2,3)4)9-11-12(15)7-6-8-13(11)16;1-11(2,3)7-9-13-8-5-4-6-12-10(8)14-9;1-9(2,3)6-8(11)10-4-5-14(12,13)7-10/h6-8H,5,9-10H2,1-4H3;4-6H,7H2,1-3H3,(H,12,13,14);4-7H2,1-3H3. The zero-order valence-electron chi connectivity index (χ0n) is 29.6. The zero-order chi connectivity index (χ0) is 35.8. The number of imidazole rings is 1. The van der Waals surface area contributed by atoms with Gasteiger partial charge in [-0.15, -0.1) is 0 Å². The van der Waals surface area contributed by atoms with E-state index < -0.39 is 28.8 Å². The molecule has 4 rings (SSSR count). The van der Waals surface area contributed by atoms with Crippen molar-refractivity contribution in [3.8, 4) is 0 Å². The Labute approximate surface area is 279 Å². The average molecular weight is 699 g/mol. The van der Waals surface area contributed by atoms with Gasteiger partial charge in [0.15, 0.2) is 15.5 Å². The predicted octanol–water partition coefficient (Wildman–Crippen LogP) is 8.01. The molecule has 1 fully saturated rings. The highest BCUT2D eigenvalue weighted by Crippen LogP contribution is 2.54. The van der Waals surface area contributed by atoms with Gasteiger partial charge in [-0.2, -0.15) is 0 Å². The molecular weight excluding hydrogens is 645 g/mol. The summed E-state index contributed by atoms with van der Waals surface area (Å²) in [5.74, 6) is -0.363. The number of sulfone groups is 1. The third-order valence-electron chi connectivity index (χ3n) is 6.60. The van der Waals surface area contributed by atoms with E-state index in [4.69, 9.17) is 4.52 Å². The number of hydrogen-bond donors (Lipinski definition) is 1. The van der Waals surface area contributed by atoms with E-state index in [1.807, 2.05) is 53.7 Å². The molecule has 1 amide bonds. The molecule has 1 N–H and O–H groups in total. The number of aromatic amines is 1. The number of pyridine rings is 1. The summed E-state index contributed by atoms with van der Waals surface area (Å²) in [7, 11) is -6.09. The third kappa shape index (κ3) is 15.0. The number of halogens is 2. The number of benzene rings is 1. The van der Waals surface area contributed by atoms with E-state index in [9.17, 15) is 26.6 Å². The minimum Gasteiger partial charge on any atom is -0.341 e. The number of aromatic nitrogens is 3. The lowest BCUT2D eigenvalue weighted by Crippen LogP contribution is -2.31. The van der Waals surface area contributed by atoms with Crippen LogP contribution in [0.1, 0.15) is 87.0 Å². The van der Waals surface area contributed by atoms with Crippen LogP contribution in [0.2, 0.25) is 0 Å². The maximum atomic E-state index is 13.6. The van der Waals surface area contributed by atoms with Crippen molar-refractivity contribution in [2.45, 2.75) is 88.2 Å². The van der Waals surface area contributed by atoms with Crippen molar-refractivity contribution in [1.29, 1.82) is 0 Å². The normalized spacial score (nSPS) is 16.1. The highest BCUT2D eigenvalue weighted by molar-refractivity contribution is 7.91. The number of nitrogens with one attached hydrogen (secondary N) is 1. The largest absolute Gasteiger partial charge is 0.341 e. The van der Waals surface area contributed by atoms with Crippen LogP contribution in [0.3, 0.4) is 0 Å². The van der Waals surface area contributed by atoms with Gasteiger partial charge in [-0.3, -0.25) is 9.36 Å². The van der Waals surface area contributed by atoms with Gasteiger partial charge in [0, 0.05) is 37.3 Å². The van der Waals surface area contributed by atoms with Crippen molar-refractivity contribution in [1.82, 2.24) is 19.9 Å². The van der Waals surface area contributed by atoms with Crippen molar-refractivity contribution >= 4 is 34.3 Å². The van der Waals surface area contributed by atoms with E-state index in [0.29, 0.717) is 19.1 Å². The second kappa shape index (κ2) is 16.1. The number of H-pyrrole nitrogens is 1. The lowest BCUT2D eigenvalue weighted by Gasteiger charge is -2.26. The molecule has 0 radical (unpaired) electrons. The summed E-state index contributed by atoms with van der Waals surface area (Å²) in [5.41, 5.74) is 1.63. The first-order chi connectivity index (χ1) is 21.4. The van der Waals surface area contributed by atoms with Crippen molar-refractivity contribution in [2.75, 3.05) is 30.9 Å². The Hall–Kier alpha value is -2.69. The molecule has 0 bridgehead atoms. The average Bonchev–Trinajstić information content (AvgIpc) is 3.46. The lowest BCUT2D eigenvalue weighted by atomic mass is 9.92. The van der Waals surface area contributed by atoms with Crippen molar-refractivity contribution in [3.63, 3.8) is 0 Å². The summed E-state index contributed by atoms with van der Waals surface area (Å²) in [5, 5.41) is 0. The molecule has 1 aliphatic rings. The molecule has 1 atom stereocenters. The fourth-order valence-corrected chi connectivity index (χ4v) is 9.26. The Morgan fingerprint density at radius 2 is 1.60 bits per heavy atom. The number of carbonyl (C=O) groups excluding carboxylic acids is 1. The second-order valence-corrected chi connectivity index (χ2v) is 20.2. The van der Waals surface area contributed by atoms with Crippen LogP contribution in [0.15, 0.2) is 36.5 Å². The Bertz CT molecular complexity index is 1590. The predicted molar refractivity (Wildman–Crippen MR) is 185 cm³/mol. The molecule has 1 saturated heterocycles. The molecule has 264 valence electrons. The lowest BCUT2D eigenvalue weighted by molar-refractivity contribution is -0.131. The Morgan fingerprint density at radius 3 is 2.06 bits per heavy atom. The van der Waals surface area contributed by atoms with Gasteiger partial charge in [-0.1, -0.05) is 68.4 Å². The van der Waals surface area contributed by atoms with Crippen LogP contribution in [-0.4, -0.2) is 65.1 Å². The fourth-order valence-electron chi connectivity index (χ4n) is 4.89. The van der Waals surface area contributed by atoms with Gasteiger partial charge in [0.25, 0.3) is 0 Å².